The Balaban J connectivity index is 1.56. The molecule has 0 aromatic carbocycles. The Labute approximate surface area is 153 Å². The largest absolute Gasteiger partial charge is 0.566 e. The highest BCUT2D eigenvalue weighted by Crippen LogP contribution is 2.32. The Morgan fingerprint density at radius 3 is 2.78 bits per heavy atom. The highest BCUT2D eigenvalue weighted by Gasteiger charge is 2.45. The smallest absolute Gasteiger partial charge is 0.167 e. The normalized spacial score (nSPS) is 30.2. The Morgan fingerprint density at radius 2 is 2.04 bits per heavy atom. The second kappa shape index (κ2) is 7.59. The predicted octanol–water partition coefficient (Wildman–Crippen LogP) is -1.50. The van der Waals surface area contributed by atoms with Crippen LogP contribution >= 0.6 is 0 Å². The molecule has 27 heavy (non-hydrogen) atoms. The molecule has 5 atom stereocenters. The van der Waals surface area contributed by atoms with Crippen LogP contribution in [0.4, 0.5) is 5.82 Å². The third-order valence-electron chi connectivity index (χ3n) is 5.04. The van der Waals surface area contributed by atoms with E-state index in [2.05, 4.69) is 25.1 Å². The molecule has 2 aliphatic rings. The topological polar surface area (TPSA) is 162 Å². The molecule has 5 N–H and O–H groups in total. The number of quaternary nitrogens is 1. The van der Waals surface area contributed by atoms with Crippen LogP contribution in [0.25, 0.3) is 11.2 Å². The average Bonchev–Trinajstić information content (AvgIpc) is 3.36. The van der Waals surface area contributed by atoms with Crippen LogP contribution in [-0.2, 0) is 9.57 Å². The summed E-state index contributed by atoms with van der Waals surface area (Å²) in [4.78, 5) is 17.3. The van der Waals surface area contributed by atoms with Gasteiger partial charge in [-0.25, -0.2) is 15.0 Å². The summed E-state index contributed by atoms with van der Waals surface area (Å²) in [5.41, 5.74) is 0.987. The number of nitrogens with zero attached hydrogens (tertiary/aromatic N) is 4. The summed E-state index contributed by atoms with van der Waals surface area (Å²) < 4.78 is 7.12. The van der Waals surface area contributed by atoms with Crippen molar-refractivity contribution in [2.75, 3.05) is 11.9 Å². The first-order valence-electron chi connectivity index (χ1n) is 8.86. The zero-order valence-electron chi connectivity index (χ0n) is 14.4. The summed E-state index contributed by atoms with van der Waals surface area (Å²) in [7, 11) is 0. The highest BCUT2D eigenvalue weighted by atomic mass is 17.1. The van der Waals surface area contributed by atoms with Gasteiger partial charge in [-0.15, -0.1) is 0 Å². The van der Waals surface area contributed by atoms with E-state index in [0.717, 1.165) is 12.8 Å². The van der Waals surface area contributed by atoms with Gasteiger partial charge in [-0.05, 0) is 12.8 Å². The monoisotopic (exact) mass is 382 g/mol. The van der Waals surface area contributed by atoms with Crippen molar-refractivity contribution in [3.05, 3.63) is 17.9 Å². The van der Waals surface area contributed by atoms with Crippen LogP contribution in [0, 0.1) is 5.21 Å². The Kier molecular flexibility index (Phi) is 5.19. The lowest BCUT2D eigenvalue weighted by Gasteiger charge is -2.17. The van der Waals surface area contributed by atoms with Gasteiger partial charge < -0.3 is 25.5 Å². The maximum absolute atomic E-state index is 10.5. The summed E-state index contributed by atoms with van der Waals surface area (Å²) in [5, 5.41) is 41.5. The maximum Gasteiger partial charge on any atom is 0.167 e. The highest BCUT2D eigenvalue weighted by molar-refractivity contribution is 5.82. The van der Waals surface area contributed by atoms with Crippen LogP contribution in [0.15, 0.2) is 12.7 Å². The quantitative estimate of drug-likeness (QED) is 0.372. The molecule has 0 radical (unpaired) electrons. The summed E-state index contributed by atoms with van der Waals surface area (Å²) in [6, 6.07) is 0.348. The lowest BCUT2D eigenvalue weighted by molar-refractivity contribution is -1.21. The fourth-order valence-corrected chi connectivity index (χ4v) is 3.66. The average molecular weight is 382 g/mol. The number of aliphatic hydroxyl groups is 2. The molecule has 1 aliphatic heterocycles. The molecular weight excluding hydrogens is 360 g/mol. The van der Waals surface area contributed by atoms with Crippen molar-refractivity contribution in [2.45, 2.75) is 56.3 Å². The molecule has 0 spiro atoms. The maximum atomic E-state index is 10.5. The van der Waals surface area contributed by atoms with Gasteiger partial charge in [0.05, 0.1) is 6.33 Å². The van der Waals surface area contributed by atoms with E-state index in [1.165, 1.54) is 30.1 Å². The number of fused-ring (bicyclic) bond motifs is 1. The fourth-order valence-electron chi connectivity index (χ4n) is 3.66. The first-order valence-corrected chi connectivity index (χ1v) is 8.86. The SMILES string of the molecule is [O-][NH+](O)OC[C@H]1O[C@@H](n2cnc3c(NC4CCCC4)ncnc32)[C@H](O)[C@@H]1O. The van der Waals surface area contributed by atoms with Crippen LogP contribution in [0.5, 0.6) is 0 Å². The van der Waals surface area contributed by atoms with E-state index in [0.29, 0.717) is 23.0 Å². The Hall–Kier alpha value is -1.93. The van der Waals surface area contributed by atoms with E-state index in [-0.39, 0.29) is 6.61 Å². The van der Waals surface area contributed by atoms with Crippen molar-refractivity contribution in [3.8, 4) is 0 Å². The Morgan fingerprint density at radius 1 is 1.26 bits per heavy atom. The van der Waals surface area contributed by atoms with Gasteiger partial charge in [0.2, 0.25) is 0 Å². The van der Waals surface area contributed by atoms with Gasteiger partial charge in [0.25, 0.3) is 0 Å². The van der Waals surface area contributed by atoms with Crippen LogP contribution in [0.2, 0.25) is 0 Å². The van der Waals surface area contributed by atoms with Gasteiger partial charge in [-0.2, -0.15) is 10.0 Å². The second-order valence-electron chi connectivity index (χ2n) is 6.80. The number of aliphatic hydroxyl groups excluding tert-OH is 2. The number of anilines is 1. The van der Waals surface area contributed by atoms with Gasteiger partial charge in [0.15, 0.2) is 23.2 Å². The van der Waals surface area contributed by atoms with E-state index in [1.807, 2.05) is 0 Å². The number of ether oxygens (including phenoxy) is 1. The molecule has 2 aromatic heterocycles. The molecule has 1 aliphatic carbocycles. The molecule has 1 saturated heterocycles. The second-order valence-corrected chi connectivity index (χ2v) is 6.80. The molecule has 1 saturated carbocycles. The molecule has 148 valence electrons. The van der Waals surface area contributed by atoms with Gasteiger partial charge in [0.1, 0.15) is 31.2 Å². The molecule has 0 bridgehead atoms. The third-order valence-corrected chi connectivity index (χ3v) is 5.04. The van der Waals surface area contributed by atoms with Gasteiger partial charge in [-0.3, -0.25) is 4.57 Å². The molecule has 4 rings (SSSR count). The van der Waals surface area contributed by atoms with Crippen molar-refractivity contribution in [1.29, 1.82) is 0 Å². The molecule has 2 aromatic rings. The fraction of sp³-hybridized carbons (Fsp3) is 0.667. The zero-order chi connectivity index (χ0) is 19.0. The lowest BCUT2D eigenvalue weighted by atomic mass is 10.1. The van der Waals surface area contributed by atoms with Gasteiger partial charge in [-0.1, -0.05) is 18.2 Å². The molecular formula is C15H22N6O6. The minimum Gasteiger partial charge on any atom is -0.566 e. The van der Waals surface area contributed by atoms with Crippen molar-refractivity contribution >= 4 is 17.0 Å². The molecule has 12 heteroatoms. The number of imidazole rings is 1. The molecule has 2 fully saturated rings. The van der Waals surface area contributed by atoms with Gasteiger partial charge in [0, 0.05) is 6.04 Å². The molecule has 1 unspecified atom stereocenters. The van der Waals surface area contributed by atoms with E-state index in [9.17, 15) is 15.4 Å². The predicted molar refractivity (Wildman–Crippen MR) is 89.2 cm³/mol. The third kappa shape index (κ3) is 3.60. The summed E-state index contributed by atoms with van der Waals surface area (Å²) in [6.45, 7) is -0.389. The summed E-state index contributed by atoms with van der Waals surface area (Å²) >= 11 is 0. The first-order chi connectivity index (χ1) is 13.0. The summed E-state index contributed by atoms with van der Waals surface area (Å²) in [6.07, 6.45) is 2.83. The van der Waals surface area contributed by atoms with Crippen molar-refractivity contribution in [3.63, 3.8) is 0 Å². The van der Waals surface area contributed by atoms with E-state index in [4.69, 9.17) is 9.94 Å². The van der Waals surface area contributed by atoms with Crippen LogP contribution in [0.3, 0.4) is 0 Å². The minimum absolute atomic E-state index is 0.348. The van der Waals surface area contributed by atoms with Crippen LogP contribution in [0.1, 0.15) is 31.9 Å². The minimum atomic E-state index is -1.48. The number of hydrogen-bond donors (Lipinski definition) is 5. The Bertz CT molecular complexity index is 781. The van der Waals surface area contributed by atoms with E-state index < -0.39 is 29.9 Å². The van der Waals surface area contributed by atoms with Crippen LogP contribution in [-0.4, -0.2) is 65.9 Å². The summed E-state index contributed by atoms with van der Waals surface area (Å²) in [5.74, 6) is 0.615. The van der Waals surface area contributed by atoms with Crippen molar-refractivity contribution < 1.29 is 30.4 Å². The number of hydrogen-bond acceptors (Lipinski definition) is 10. The van der Waals surface area contributed by atoms with Crippen molar-refractivity contribution in [1.82, 2.24) is 19.5 Å². The molecule has 3 heterocycles. The lowest BCUT2D eigenvalue weighted by Crippen LogP contribution is -3.03. The molecule has 0 amide bonds. The van der Waals surface area contributed by atoms with E-state index >= 15 is 0 Å². The standard InChI is InChI=1S/C15H22N6O6/c22-11-9(5-26-21(24)25)27-15(12(11)23)20-7-18-10-13(16-6-17-14(10)20)19-8-3-1-2-4-8/h6-9,11-12,15,21-24H,1-5H2,(H,16,17,19)/t9-,11-,12-,15-/m1/s1. The van der Waals surface area contributed by atoms with Gasteiger partial charge >= 0.3 is 0 Å². The molecule has 12 nitrogen and oxygen atoms in total. The number of nitrogens with one attached hydrogen (secondary N) is 2. The van der Waals surface area contributed by atoms with Crippen molar-refractivity contribution in [2.24, 2.45) is 0 Å². The zero-order valence-corrected chi connectivity index (χ0v) is 14.4. The van der Waals surface area contributed by atoms with E-state index in [1.54, 1.807) is 0 Å². The number of rotatable bonds is 6. The number of aromatic nitrogens is 4. The first kappa shape index (κ1) is 18.4. The van der Waals surface area contributed by atoms with Crippen LogP contribution < -0.4 is 10.7 Å².